The van der Waals surface area contributed by atoms with Crippen molar-refractivity contribution < 1.29 is 13.2 Å². The number of hydrogen-bond acceptors (Lipinski definition) is 1. The number of rotatable bonds is 2. The van der Waals surface area contributed by atoms with Crippen LogP contribution in [-0.2, 0) is 7.05 Å². The number of aromatic nitrogens is 1. The molecule has 2 aromatic rings. The third kappa shape index (κ3) is 2.15. The molecule has 0 aliphatic heterocycles. The van der Waals surface area contributed by atoms with E-state index in [-0.39, 0.29) is 5.56 Å². The van der Waals surface area contributed by atoms with Crippen molar-refractivity contribution in [3.8, 4) is 0 Å². The molecule has 0 fully saturated rings. The first kappa shape index (κ1) is 12.0. The maximum Gasteiger partial charge on any atom is 0.407 e. The average Bonchev–Trinajstić information content (AvgIpc) is 2.59. The van der Waals surface area contributed by atoms with Crippen LogP contribution in [0.25, 0.3) is 10.9 Å². The molecule has 1 N–H and O–H groups in total. The van der Waals surface area contributed by atoms with Gasteiger partial charge in [-0.1, -0.05) is 6.07 Å². The van der Waals surface area contributed by atoms with Crippen LogP contribution < -0.4 is 5.32 Å². The van der Waals surface area contributed by atoms with E-state index in [2.05, 4.69) is 5.32 Å². The highest BCUT2D eigenvalue weighted by Gasteiger charge is 2.39. The van der Waals surface area contributed by atoms with E-state index in [9.17, 15) is 13.2 Å². The highest BCUT2D eigenvalue weighted by atomic mass is 19.4. The van der Waals surface area contributed by atoms with Gasteiger partial charge in [-0.15, -0.1) is 0 Å². The summed E-state index contributed by atoms with van der Waals surface area (Å²) < 4.78 is 40.1. The first-order chi connectivity index (χ1) is 7.93. The zero-order valence-electron chi connectivity index (χ0n) is 9.55. The molecule has 92 valence electrons. The van der Waals surface area contributed by atoms with Gasteiger partial charge < -0.3 is 9.88 Å². The Bertz CT molecular complexity index is 528. The third-order valence-electron chi connectivity index (χ3n) is 2.86. The zero-order chi connectivity index (χ0) is 12.6. The summed E-state index contributed by atoms with van der Waals surface area (Å²) in [5.41, 5.74) is 1.16. The number of hydrogen-bond donors (Lipinski definition) is 1. The first-order valence-corrected chi connectivity index (χ1v) is 5.22. The van der Waals surface area contributed by atoms with Gasteiger partial charge in [0.15, 0.2) is 0 Å². The molecule has 1 atom stereocenters. The van der Waals surface area contributed by atoms with E-state index in [1.807, 2.05) is 23.9 Å². The molecule has 5 heteroatoms. The number of aryl methyl sites for hydroxylation is 1. The van der Waals surface area contributed by atoms with Gasteiger partial charge in [0, 0.05) is 18.8 Å². The lowest BCUT2D eigenvalue weighted by molar-refractivity contribution is -0.156. The third-order valence-corrected chi connectivity index (χ3v) is 2.86. The van der Waals surface area contributed by atoms with E-state index < -0.39 is 12.2 Å². The van der Waals surface area contributed by atoms with Crippen LogP contribution in [0.2, 0.25) is 0 Å². The molecule has 1 unspecified atom stereocenters. The molecule has 0 amide bonds. The molecule has 1 heterocycles. The van der Waals surface area contributed by atoms with Gasteiger partial charge >= 0.3 is 6.18 Å². The quantitative estimate of drug-likeness (QED) is 0.856. The minimum Gasteiger partial charge on any atom is -0.351 e. The van der Waals surface area contributed by atoms with E-state index in [0.717, 1.165) is 10.9 Å². The fourth-order valence-corrected chi connectivity index (χ4v) is 2.00. The SMILES string of the molecule is CNC(c1ccc2c(ccn2C)c1)C(F)(F)F. The maximum absolute atomic E-state index is 12.7. The van der Waals surface area contributed by atoms with Crippen LogP contribution in [0.3, 0.4) is 0 Å². The van der Waals surface area contributed by atoms with Crippen LogP contribution >= 0.6 is 0 Å². The van der Waals surface area contributed by atoms with Crippen molar-refractivity contribution in [2.75, 3.05) is 7.05 Å². The van der Waals surface area contributed by atoms with E-state index in [1.54, 1.807) is 12.1 Å². The van der Waals surface area contributed by atoms with Crippen LogP contribution in [0.5, 0.6) is 0 Å². The zero-order valence-corrected chi connectivity index (χ0v) is 9.55. The molecule has 0 aliphatic rings. The number of alkyl halides is 3. The number of fused-ring (bicyclic) bond motifs is 1. The number of halogens is 3. The Labute approximate surface area is 97.0 Å². The Kier molecular flexibility index (Phi) is 2.87. The van der Waals surface area contributed by atoms with E-state index >= 15 is 0 Å². The molecule has 0 aliphatic carbocycles. The Morgan fingerprint density at radius 2 is 1.94 bits per heavy atom. The molecular formula is C12H13F3N2. The number of benzene rings is 1. The molecule has 0 saturated carbocycles. The Morgan fingerprint density at radius 1 is 1.24 bits per heavy atom. The molecule has 0 bridgehead atoms. The van der Waals surface area contributed by atoms with Crippen molar-refractivity contribution in [2.24, 2.45) is 7.05 Å². The fraction of sp³-hybridized carbons (Fsp3) is 0.333. The monoisotopic (exact) mass is 242 g/mol. The summed E-state index contributed by atoms with van der Waals surface area (Å²) in [4.78, 5) is 0. The molecule has 1 aromatic heterocycles. The highest BCUT2D eigenvalue weighted by Crippen LogP contribution is 2.33. The average molecular weight is 242 g/mol. The van der Waals surface area contributed by atoms with Gasteiger partial charge in [-0.05, 0) is 36.2 Å². The molecule has 0 radical (unpaired) electrons. The summed E-state index contributed by atoms with van der Waals surface area (Å²) in [5.74, 6) is 0. The second-order valence-electron chi connectivity index (χ2n) is 4.01. The van der Waals surface area contributed by atoms with Crippen LogP contribution in [0.15, 0.2) is 30.5 Å². The van der Waals surface area contributed by atoms with E-state index in [0.29, 0.717) is 0 Å². The lowest BCUT2D eigenvalue weighted by Crippen LogP contribution is -2.31. The molecule has 0 saturated heterocycles. The van der Waals surface area contributed by atoms with E-state index in [4.69, 9.17) is 0 Å². The summed E-state index contributed by atoms with van der Waals surface area (Å²) in [6.07, 6.45) is -2.45. The van der Waals surface area contributed by atoms with Gasteiger partial charge in [0.2, 0.25) is 0 Å². The molecule has 1 aromatic carbocycles. The minimum absolute atomic E-state index is 0.235. The molecular weight excluding hydrogens is 229 g/mol. The largest absolute Gasteiger partial charge is 0.407 e. The number of nitrogens with one attached hydrogen (secondary N) is 1. The Hall–Kier alpha value is -1.49. The summed E-state index contributed by atoms with van der Waals surface area (Å²) >= 11 is 0. The number of nitrogens with zero attached hydrogens (tertiary/aromatic N) is 1. The van der Waals surface area contributed by atoms with Gasteiger partial charge in [0.25, 0.3) is 0 Å². The summed E-state index contributed by atoms with van der Waals surface area (Å²) in [5, 5.41) is 3.11. The van der Waals surface area contributed by atoms with Crippen LogP contribution in [0.1, 0.15) is 11.6 Å². The predicted molar refractivity (Wildman–Crippen MR) is 60.8 cm³/mol. The van der Waals surface area contributed by atoms with Crippen LogP contribution in [-0.4, -0.2) is 17.8 Å². The lowest BCUT2D eigenvalue weighted by atomic mass is 10.0. The Morgan fingerprint density at radius 3 is 2.53 bits per heavy atom. The van der Waals surface area contributed by atoms with Crippen molar-refractivity contribution in [1.82, 2.24) is 9.88 Å². The molecule has 0 spiro atoms. The lowest BCUT2D eigenvalue weighted by Gasteiger charge is -2.20. The smallest absolute Gasteiger partial charge is 0.351 e. The fourth-order valence-electron chi connectivity index (χ4n) is 2.00. The van der Waals surface area contributed by atoms with Gasteiger partial charge in [0.1, 0.15) is 6.04 Å². The van der Waals surface area contributed by atoms with Crippen molar-refractivity contribution in [1.29, 1.82) is 0 Å². The normalized spacial score (nSPS) is 14.2. The second-order valence-corrected chi connectivity index (χ2v) is 4.01. The second kappa shape index (κ2) is 4.07. The van der Waals surface area contributed by atoms with Crippen LogP contribution in [0, 0.1) is 0 Å². The van der Waals surface area contributed by atoms with Gasteiger partial charge in [0.05, 0.1) is 0 Å². The maximum atomic E-state index is 12.7. The molecule has 2 rings (SSSR count). The van der Waals surface area contributed by atoms with E-state index in [1.165, 1.54) is 13.1 Å². The van der Waals surface area contributed by atoms with Crippen molar-refractivity contribution in [3.63, 3.8) is 0 Å². The van der Waals surface area contributed by atoms with Gasteiger partial charge in [-0.3, -0.25) is 0 Å². The summed E-state index contributed by atoms with van der Waals surface area (Å²) in [6.45, 7) is 0. The Balaban J connectivity index is 2.48. The van der Waals surface area contributed by atoms with Crippen molar-refractivity contribution in [3.05, 3.63) is 36.0 Å². The van der Waals surface area contributed by atoms with Gasteiger partial charge in [-0.2, -0.15) is 13.2 Å². The minimum atomic E-state index is -4.28. The predicted octanol–water partition coefficient (Wildman–Crippen LogP) is 3.00. The van der Waals surface area contributed by atoms with Gasteiger partial charge in [-0.25, -0.2) is 0 Å². The summed E-state index contributed by atoms with van der Waals surface area (Å²) in [6, 6.07) is 4.98. The molecule has 17 heavy (non-hydrogen) atoms. The highest BCUT2D eigenvalue weighted by molar-refractivity contribution is 5.80. The topological polar surface area (TPSA) is 17.0 Å². The van der Waals surface area contributed by atoms with Crippen molar-refractivity contribution >= 4 is 10.9 Å². The summed E-state index contributed by atoms with van der Waals surface area (Å²) in [7, 11) is 3.18. The first-order valence-electron chi connectivity index (χ1n) is 5.22. The standard InChI is InChI=1S/C12H13F3N2/c1-16-11(12(13,14)15)9-3-4-10-8(7-9)5-6-17(10)2/h3-7,11,16H,1-2H3. The molecule has 2 nitrogen and oxygen atoms in total. The van der Waals surface area contributed by atoms with Crippen molar-refractivity contribution in [2.45, 2.75) is 12.2 Å². The van der Waals surface area contributed by atoms with Crippen LogP contribution in [0.4, 0.5) is 13.2 Å².